The smallest absolute Gasteiger partial charge is 0.425 e. The Hall–Kier alpha value is -2.70. The lowest BCUT2D eigenvalue weighted by atomic mass is 10.1. The maximum absolute atomic E-state index is 11.7. The Bertz CT molecular complexity index is 597. The first-order valence-corrected chi connectivity index (χ1v) is 6.74. The summed E-state index contributed by atoms with van der Waals surface area (Å²) in [5, 5.41) is 0. The Kier molecular flexibility index (Phi) is 4.88. The van der Waals surface area contributed by atoms with Gasteiger partial charge in [-0.25, -0.2) is 14.5 Å². The number of carbonyl (C=O) groups is 4. The molecule has 1 atom stereocenters. The quantitative estimate of drug-likeness (QED) is 0.603. The Morgan fingerprint density at radius 3 is 2.55 bits per heavy atom. The van der Waals surface area contributed by atoms with Gasteiger partial charge in [0.1, 0.15) is 12.6 Å². The molecule has 2 rings (SSSR count). The third-order valence-corrected chi connectivity index (χ3v) is 3.17. The summed E-state index contributed by atoms with van der Waals surface area (Å²) in [5.74, 6) is -1.94. The molecule has 1 aliphatic heterocycles. The molecule has 1 heterocycles. The molecule has 0 aromatic heterocycles. The number of cyclic esters (lactones) is 2. The molecule has 0 N–H and O–H groups in total. The molecule has 116 valence electrons. The molecule has 0 unspecified atom stereocenters. The molecule has 1 aliphatic rings. The van der Waals surface area contributed by atoms with Gasteiger partial charge in [0.15, 0.2) is 0 Å². The number of esters is 2. The van der Waals surface area contributed by atoms with Gasteiger partial charge in [-0.15, -0.1) is 0 Å². The van der Waals surface area contributed by atoms with E-state index in [1.807, 2.05) is 30.3 Å². The second-order valence-electron chi connectivity index (χ2n) is 4.78. The number of carbonyl (C=O) groups excluding carboxylic acids is 4. The number of nitrogens with zero attached hydrogens (tertiary/aromatic N) is 1. The lowest BCUT2D eigenvalue weighted by molar-refractivity contribution is -0.146. The van der Waals surface area contributed by atoms with Gasteiger partial charge in [-0.05, 0) is 12.0 Å². The lowest BCUT2D eigenvalue weighted by Crippen LogP contribution is -2.38. The highest BCUT2D eigenvalue weighted by Crippen LogP contribution is 2.19. The lowest BCUT2D eigenvalue weighted by Gasteiger charge is -2.15. The van der Waals surface area contributed by atoms with E-state index in [9.17, 15) is 19.2 Å². The van der Waals surface area contributed by atoms with Crippen LogP contribution in [0.3, 0.4) is 0 Å². The van der Waals surface area contributed by atoms with Gasteiger partial charge in [0.2, 0.25) is 5.91 Å². The predicted molar refractivity (Wildman–Crippen MR) is 73.3 cm³/mol. The number of ether oxygens (including phenoxy) is 2. The minimum atomic E-state index is -1.06. The van der Waals surface area contributed by atoms with Gasteiger partial charge >= 0.3 is 18.0 Å². The number of benzene rings is 1. The fourth-order valence-electron chi connectivity index (χ4n) is 2.10. The minimum Gasteiger partial charge on any atom is -0.461 e. The summed E-state index contributed by atoms with van der Waals surface area (Å²) in [5.41, 5.74) is 0.844. The second-order valence-corrected chi connectivity index (χ2v) is 4.78. The largest absolute Gasteiger partial charge is 0.461 e. The van der Waals surface area contributed by atoms with Crippen LogP contribution in [-0.4, -0.2) is 34.9 Å². The number of hydrogen-bond acceptors (Lipinski definition) is 6. The summed E-state index contributed by atoms with van der Waals surface area (Å²) in [6, 6.07) is 8.08. The number of hydrogen-bond donors (Lipinski definition) is 0. The van der Waals surface area contributed by atoms with E-state index in [4.69, 9.17) is 4.74 Å². The van der Waals surface area contributed by atoms with Gasteiger partial charge in [-0.2, -0.15) is 0 Å². The molecule has 0 aliphatic carbocycles. The highest BCUT2D eigenvalue weighted by atomic mass is 16.6. The molecule has 1 aromatic carbocycles. The van der Waals surface area contributed by atoms with Crippen LogP contribution in [0.1, 0.15) is 25.3 Å². The summed E-state index contributed by atoms with van der Waals surface area (Å²) in [7, 11) is 0. The van der Waals surface area contributed by atoms with E-state index in [-0.39, 0.29) is 19.4 Å². The standard InChI is InChI=1S/C15H15NO6/c1-10(17)16-12(14(19)22-15(16)20)7-8-13(18)21-9-11-5-3-2-4-6-11/h2-6,12H,7-9H2,1H3/t12-/m0/s1. The first kappa shape index (κ1) is 15.7. The molecule has 1 aromatic rings. The van der Waals surface area contributed by atoms with Crippen LogP contribution in [0.15, 0.2) is 30.3 Å². The van der Waals surface area contributed by atoms with Crippen LogP contribution in [0.2, 0.25) is 0 Å². The van der Waals surface area contributed by atoms with Crippen molar-refractivity contribution in [2.45, 2.75) is 32.4 Å². The van der Waals surface area contributed by atoms with Crippen molar-refractivity contribution in [2.24, 2.45) is 0 Å². The van der Waals surface area contributed by atoms with Crippen LogP contribution < -0.4 is 0 Å². The molecule has 2 amide bonds. The van der Waals surface area contributed by atoms with E-state index in [1.165, 1.54) is 0 Å². The summed E-state index contributed by atoms with van der Waals surface area (Å²) >= 11 is 0. The van der Waals surface area contributed by atoms with Gasteiger partial charge < -0.3 is 9.47 Å². The van der Waals surface area contributed by atoms with Gasteiger partial charge in [-0.1, -0.05) is 30.3 Å². The maximum atomic E-state index is 11.7. The van der Waals surface area contributed by atoms with Crippen molar-refractivity contribution < 1.29 is 28.7 Å². The topological polar surface area (TPSA) is 90.0 Å². The van der Waals surface area contributed by atoms with E-state index < -0.39 is 30.0 Å². The fraction of sp³-hybridized carbons (Fsp3) is 0.333. The summed E-state index contributed by atoms with van der Waals surface area (Å²) in [4.78, 5) is 46.6. The van der Waals surface area contributed by atoms with E-state index in [0.29, 0.717) is 4.90 Å². The molecular formula is C15H15NO6. The Morgan fingerprint density at radius 2 is 1.91 bits per heavy atom. The Balaban J connectivity index is 1.84. The van der Waals surface area contributed by atoms with Crippen LogP contribution in [0.5, 0.6) is 0 Å². The number of amides is 2. The number of rotatable bonds is 5. The first-order valence-electron chi connectivity index (χ1n) is 6.74. The predicted octanol–water partition coefficient (Wildman–Crippen LogP) is 1.40. The number of imide groups is 1. The zero-order valence-electron chi connectivity index (χ0n) is 12.0. The zero-order valence-corrected chi connectivity index (χ0v) is 12.0. The van der Waals surface area contributed by atoms with Crippen molar-refractivity contribution in [3.8, 4) is 0 Å². The SMILES string of the molecule is CC(=O)N1C(=O)OC(=O)[C@@H]1CCC(=O)OCc1ccccc1. The molecule has 0 saturated carbocycles. The zero-order chi connectivity index (χ0) is 16.1. The molecule has 7 nitrogen and oxygen atoms in total. The van der Waals surface area contributed by atoms with Crippen LogP contribution >= 0.6 is 0 Å². The molecular weight excluding hydrogens is 290 g/mol. The molecule has 0 radical (unpaired) electrons. The molecule has 1 saturated heterocycles. The molecule has 22 heavy (non-hydrogen) atoms. The van der Waals surface area contributed by atoms with E-state index in [1.54, 1.807) is 0 Å². The van der Waals surface area contributed by atoms with E-state index >= 15 is 0 Å². The Labute approximate surface area is 126 Å². The van der Waals surface area contributed by atoms with Crippen molar-refractivity contribution in [1.82, 2.24) is 4.90 Å². The Morgan fingerprint density at radius 1 is 1.23 bits per heavy atom. The van der Waals surface area contributed by atoms with E-state index in [0.717, 1.165) is 12.5 Å². The normalized spacial score (nSPS) is 17.3. The molecule has 7 heteroatoms. The third kappa shape index (κ3) is 3.69. The highest BCUT2D eigenvalue weighted by Gasteiger charge is 2.43. The van der Waals surface area contributed by atoms with Gasteiger partial charge in [0.25, 0.3) is 0 Å². The molecule has 0 bridgehead atoms. The van der Waals surface area contributed by atoms with Gasteiger partial charge in [0, 0.05) is 13.3 Å². The van der Waals surface area contributed by atoms with Crippen LogP contribution in [-0.2, 0) is 30.5 Å². The average Bonchev–Trinajstić information content (AvgIpc) is 2.78. The highest BCUT2D eigenvalue weighted by molar-refractivity contribution is 6.05. The van der Waals surface area contributed by atoms with Crippen LogP contribution in [0, 0.1) is 0 Å². The van der Waals surface area contributed by atoms with Crippen molar-refractivity contribution in [3.05, 3.63) is 35.9 Å². The average molecular weight is 305 g/mol. The fourth-order valence-corrected chi connectivity index (χ4v) is 2.10. The summed E-state index contributed by atoms with van der Waals surface area (Å²) in [6.07, 6.45) is -1.11. The molecule has 1 fully saturated rings. The van der Waals surface area contributed by atoms with Crippen molar-refractivity contribution in [3.63, 3.8) is 0 Å². The van der Waals surface area contributed by atoms with Crippen LogP contribution in [0.25, 0.3) is 0 Å². The van der Waals surface area contributed by atoms with E-state index in [2.05, 4.69) is 4.74 Å². The van der Waals surface area contributed by atoms with Crippen molar-refractivity contribution in [1.29, 1.82) is 0 Å². The van der Waals surface area contributed by atoms with Crippen LogP contribution in [0.4, 0.5) is 4.79 Å². The second kappa shape index (κ2) is 6.84. The monoisotopic (exact) mass is 305 g/mol. The van der Waals surface area contributed by atoms with Gasteiger partial charge in [-0.3, -0.25) is 9.59 Å². The maximum Gasteiger partial charge on any atom is 0.425 e. The van der Waals surface area contributed by atoms with Crippen molar-refractivity contribution in [2.75, 3.05) is 0 Å². The molecule has 0 spiro atoms. The third-order valence-electron chi connectivity index (χ3n) is 3.17. The summed E-state index contributed by atoms with van der Waals surface area (Å²) < 4.78 is 9.45. The summed E-state index contributed by atoms with van der Waals surface area (Å²) in [6.45, 7) is 1.28. The minimum absolute atomic E-state index is 0.0161. The van der Waals surface area contributed by atoms with Crippen molar-refractivity contribution >= 4 is 23.9 Å². The van der Waals surface area contributed by atoms with Gasteiger partial charge in [0.05, 0.1) is 0 Å². The first-order chi connectivity index (χ1) is 10.5.